The van der Waals surface area contributed by atoms with Crippen LogP contribution in [0, 0.1) is 6.92 Å². The molecule has 15 heavy (non-hydrogen) atoms. The quantitative estimate of drug-likeness (QED) is 0.669. The molecule has 0 fully saturated rings. The molecular weight excluding hydrogens is 188 g/mol. The van der Waals surface area contributed by atoms with Crippen LogP contribution in [-0.2, 0) is 9.47 Å². The zero-order chi connectivity index (χ0) is 11.1. The highest BCUT2D eigenvalue weighted by Gasteiger charge is 2.04. The van der Waals surface area contributed by atoms with Gasteiger partial charge in [0.2, 0.25) is 0 Å². The molecule has 0 amide bonds. The molecule has 0 bridgehead atoms. The smallest absolute Gasteiger partial charge is 0.0700 e. The van der Waals surface area contributed by atoms with Crippen LogP contribution in [0.4, 0.5) is 0 Å². The van der Waals surface area contributed by atoms with Crippen LogP contribution in [0.5, 0.6) is 0 Å². The molecule has 84 valence electrons. The minimum atomic E-state index is 0.447. The molecule has 1 rings (SSSR count). The van der Waals surface area contributed by atoms with E-state index in [0.29, 0.717) is 19.1 Å². The van der Waals surface area contributed by atoms with Gasteiger partial charge in [-0.3, -0.25) is 0 Å². The van der Waals surface area contributed by atoms with E-state index in [0.717, 1.165) is 6.61 Å². The molecule has 0 heterocycles. The zero-order valence-electron chi connectivity index (χ0n) is 9.82. The van der Waals surface area contributed by atoms with E-state index in [-0.39, 0.29) is 0 Å². The summed E-state index contributed by atoms with van der Waals surface area (Å²) >= 11 is 0. The molecule has 1 atom stereocenters. The molecule has 0 aliphatic carbocycles. The van der Waals surface area contributed by atoms with Gasteiger partial charge >= 0.3 is 0 Å². The third kappa shape index (κ3) is 4.45. The number of benzene rings is 1. The number of aryl methyl sites for hydroxylation is 1. The molecule has 0 aliphatic heterocycles. The van der Waals surface area contributed by atoms with Gasteiger partial charge in [0.1, 0.15) is 0 Å². The van der Waals surface area contributed by atoms with Crippen LogP contribution in [-0.4, -0.2) is 26.9 Å². The lowest BCUT2D eigenvalue weighted by Gasteiger charge is -2.12. The maximum atomic E-state index is 5.50. The summed E-state index contributed by atoms with van der Waals surface area (Å²) in [4.78, 5) is 0. The summed E-state index contributed by atoms with van der Waals surface area (Å²) in [6, 6.07) is 8.61. The van der Waals surface area contributed by atoms with Gasteiger partial charge in [0, 0.05) is 13.0 Å². The molecule has 1 unspecified atom stereocenters. The lowest BCUT2D eigenvalue weighted by atomic mass is 10.0. The summed E-state index contributed by atoms with van der Waals surface area (Å²) in [6.45, 7) is 6.38. The van der Waals surface area contributed by atoms with Crippen molar-refractivity contribution in [3.05, 3.63) is 35.4 Å². The first kappa shape index (κ1) is 12.2. The van der Waals surface area contributed by atoms with Crippen molar-refractivity contribution in [2.45, 2.75) is 19.8 Å². The fraction of sp³-hybridized carbons (Fsp3) is 0.538. The van der Waals surface area contributed by atoms with E-state index >= 15 is 0 Å². The summed E-state index contributed by atoms with van der Waals surface area (Å²) in [6.07, 6.45) is 0. The predicted molar refractivity (Wildman–Crippen MR) is 62.3 cm³/mol. The Morgan fingerprint density at radius 1 is 1.13 bits per heavy atom. The zero-order valence-corrected chi connectivity index (χ0v) is 9.82. The lowest BCUT2D eigenvalue weighted by Crippen LogP contribution is -2.08. The fourth-order valence-corrected chi connectivity index (χ4v) is 1.39. The van der Waals surface area contributed by atoms with E-state index in [1.165, 1.54) is 11.1 Å². The number of rotatable bonds is 6. The van der Waals surface area contributed by atoms with E-state index in [1.807, 2.05) is 0 Å². The van der Waals surface area contributed by atoms with E-state index in [9.17, 15) is 0 Å². The normalized spacial score (nSPS) is 12.7. The Bertz CT molecular complexity index is 266. The molecule has 1 aromatic carbocycles. The van der Waals surface area contributed by atoms with Gasteiger partial charge in [-0.25, -0.2) is 0 Å². The lowest BCUT2D eigenvalue weighted by molar-refractivity contribution is 0.0649. The minimum Gasteiger partial charge on any atom is -0.382 e. The molecule has 0 spiro atoms. The van der Waals surface area contributed by atoms with Gasteiger partial charge in [0.15, 0.2) is 0 Å². The Kier molecular flexibility index (Phi) is 5.37. The van der Waals surface area contributed by atoms with E-state index in [4.69, 9.17) is 9.47 Å². The van der Waals surface area contributed by atoms with Gasteiger partial charge in [-0.2, -0.15) is 0 Å². The molecule has 0 N–H and O–H groups in total. The first-order valence-corrected chi connectivity index (χ1v) is 5.37. The van der Waals surface area contributed by atoms with Crippen molar-refractivity contribution in [2.75, 3.05) is 26.9 Å². The van der Waals surface area contributed by atoms with Crippen molar-refractivity contribution in [1.82, 2.24) is 0 Å². The average Bonchev–Trinajstić information content (AvgIpc) is 2.25. The largest absolute Gasteiger partial charge is 0.382 e. The van der Waals surface area contributed by atoms with Crippen LogP contribution < -0.4 is 0 Å². The molecule has 2 nitrogen and oxygen atoms in total. The number of hydrogen-bond donors (Lipinski definition) is 0. The summed E-state index contributed by atoms with van der Waals surface area (Å²) < 4.78 is 10.4. The van der Waals surface area contributed by atoms with E-state index in [1.54, 1.807) is 7.11 Å². The first-order valence-electron chi connectivity index (χ1n) is 5.37. The second-order valence-corrected chi connectivity index (χ2v) is 3.88. The second kappa shape index (κ2) is 6.59. The van der Waals surface area contributed by atoms with Crippen LogP contribution >= 0.6 is 0 Å². The van der Waals surface area contributed by atoms with Gasteiger partial charge in [-0.15, -0.1) is 0 Å². The summed E-state index contributed by atoms with van der Waals surface area (Å²) in [5, 5.41) is 0. The Morgan fingerprint density at radius 3 is 2.40 bits per heavy atom. The summed E-state index contributed by atoms with van der Waals surface area (Å²) in [7, 11) is 1.69. The van der Waals surface area contributed by atoms with Crippen LogP contribution in [0.15, 0.2) is 24.3 Å². The fourth-order valence-electron chi connectivity index (χ4n) is 1.39. The highest BCUT2D eigenvalue weighted by Crippen LogP contribution is 2.15. The standard InChI is InChI=1S/C13H20O2/c1-11-4-6-13(7-5-11)12(2)10-15-9-8-14-3/h4-7,12H,8-10H2,1-3H3. The summed E-state index contributed by atoms with van der Waals surface area (Å²) in [5.41, 5.74) is 2.63. The van der Waals surface area contributed by atoms with Crippen LogP contribution in [0.1, 0.15) is 24.0 Å². The molecule has 0 saturated heterocycles. The third-order valence-electron chi connectivity index (χ3n) is 2.45. The number of hydrogen-bond acceptors (Lipinski definition) is 2. The molecule has 0 aromatic heterocycles. The second-order valence-electron chi connectivity index (χ2n) is 3.88. The minimum absolute atomic E-state index is 0.447. The Labute approximate surface area is 92.2 Å². The van der Waals surface area contributed by atoms with Gasteiger partial charge in [0.05, 0.1) is 19.8 Å². The Morgan fingerprint density at radius 2 is 1.80 bits per heavy atom. The first-order chi connectivity index (χ1) is 7.24. The predicted octanol–water partition coefficient (Wildman–Crippen LogP) is 2.76. The molecule has 0 saturated carbocycles. The van der Waals surface area contributed by atoms with Crippen molar-refractivity contribution in [2.24, 2.45) is 0 Å². The van der Waals surface area contributed by atoms with Crippen molar-refractivity contribution in [3.8, 4) is 0 Å². The summed E-state index contributed by atoms with van der Waals surface area (Å²) in [5.74, 6) is 0.447. The molecule has 1 aromatic rings. The highest BCUT2D eigenvalue weighted by molar-refractivity contribution is 5.23. The van der Waals surface area contributed by atoms with E-state index < -0.39 is 0 Å². The van der Waals surface area contributed by atoms with E-state index in [2.05, 4.69) is 38.1 Å². The molecule has 0 aliphatic rings. The molecule has 2 heteroatoms. The van der Waals surface area contributed by atoms with Gasteiger partial charge < -0.3 is 9.47 Å². The Hall–Kier alpha value is -0.860. The Balaban J connectivity index is 2.33. The maximum Gasteiger partial charge on any atom is 0.0700 e. The van der Waals surface area contributed by atoms with Crippen molar-refractivity contribution >= 4 is 0 Å². The molecule has 0 radical (unpaired) electrons. The topological polar surface area (TPSA) is 18.5 Å². The van der Waals surface area contributed by atoms with Crippen molar-refractivity contribution in [1.29, 1.82) is 0 Å². The molecular formula is C13H20O2. The number of methoxy groups -OCH3 is 1. The van der Waals surface area contributed by atoms with Crippen LogP contribution in [0.25, 0.3) is 0 Å². The highest BCUT2D eigenvalue weighted by atomic mass is 16.5. The number of ether oxygens (including phenoxy) is 2. The SMILES string of the molecule is COCCOCC(C)c1ccc(C)cc1. The van der Waals surface area contributed by atoms with Crippen molar-refractivity contribution in [3.63, 3.8) is 0 Å². The van der Waals surface area contributed by atoms with Gasteiger partial charge in [-0.05, 0) is 12.5 Å². The van der Waals surface area contributed by atoms with Crippen LogP contribution in [0.2, 0.25) is 0 Å². The van der Waals surface area contributed by atoms with Crippen LogP contribution in [0.3, 0.4) is 0 Å². The average molecular weight is 208 g/mol. The third-order valence-corrected chi connectivity index (χ3v) is 2.45. The maximum absolute atomic E-state index is 5.50. The van der Waals surface area contributed by atoms with Gasteiger partial charge in [0.25, 0.3) is 0 Å². The van der Waals surface area contributed by atoms with Crippen molar-refractivity contribution < 1.29 is 9.47 Å². The monoisotopic (exact) mass is 208 g/mol. The van der Waals surface area contributed by atoms with Gasteiger partial charge in [-0.1, -0.05) is 36.8 Å².